The van der Waals surface area contributed by atoms with Crippen LogP contribution in [-0.4, -0.2) is 57.1 Å². The molecule has 2 aromatic carbocycles. The zero-order chi connectivity index (χ0) is 26.4. The zero-order valence-electron chi connectivity index (χ0n) is 21.3. The van der Waals surface area contributed by atoms with E-state index < -0.39 is 0 Å². The number of amides is 1. The Morgan fingerprint density at radius 2 is 2.00 bits per heavy atom. The Morgan fingerprint density at radius 3 is 2.62 bits per heavy atom. The van der Waals surface area contributed by atoms with Crippen LogP contribution in [0.25, 0.3) is 16.5 Å². The van der Waals surface area contributed by atoms with Gasteiger partial charge in [0.2, 0.25) is 6.41 Å². The fraction of sp³-hybridized carbons (Fsp3) is 0.321. The van der Waals surface area contributed by atoms with E-state index in [1.165, 1.54) is 6.20 Å². The monoisotopic (exact) mass is 565 g/mol. The van der Waals surface area contributed by atoms with Crippen LogP contribution in [-0.2, 0) is 9.53 Å². The van der Waals surface area contributed by atoms with Gasteiger partial charge in [-0.3, -0.25) is 9.79 Å². The number of carbonyl (C=O) groups is 1. The van der Waals surface area contributed by atoms with Crippen LogP contribution in [0.15, 0.2) is 63.1 Å². The molecule has 0 saturated carbocycles. The summed E-state index contributed by atoms with van der Waals surface area (Å²) in [5, 5.41) is 4.01. The van der Waals surface area contributed by atoms with Gasteiger partial charge in [0.15, 0.2) is 5.76 Å². The van der Waals surface area contributed by atoms with Crippen molar-refractivity contribution in [3.8, 4) is 0 Å². The molecule has 3 aromatic rings. The average Bonchev–Trinajstić information content (AvgIpc) is 3.58. The molecule has 3 N–H and O–H groups in total. The Morgan fingerprint density at radius 1 is 1.24 bits per heavy atom. The molecule has 1 fully saturated rings. The fourth-order valence-electron chi connectivity index (χ4n) is 4.63. The average molecular weight is 567 g/mol. The third-order valence-corrected chi connectivity index (χ3v) is 7.38. The normalized spacial score (nSPS) is 16.9. The van der Waals surface area contributed by atoms with Gasteiger partial charge in [0.1, 0.15) is 15.9 Å². The van der Waals surface area contributed by atoms with Gasteiger partial charge in [-0.25, -0.2) is 4.99 Å². The minimum atomic E-state index is 0.250. The summed E-state index contributed by atoms with van der Waals surface area (Å²) >= 11 is 3.50. The molecule has 1 atom stereocenters. The van der Waals surface area contributed by atoms with Crippen LogP contribution in [0.4, 0.5) is 11.4 Å². The van der Waals surface area contributed by atoms with Gasteiger partial charge in [-0.05, 0) is 65.0 Å². The summed E-state index contributed by atoms with van der Waals surface area (Å²) in [6, 6.07) is 13.6. The van der Waals surface area contributed by atoms with Crippen LogP contribution in [0, 0.1) is 0 Å². The van der Waals surface area contributed by atoms with Crippen molar-refractivity contribution in [1.29, 1.82) is 0 Å². The number of rotatable bonds is 10. The summed E-state index contributed by atoms with van der Waals surface area (Å²) in [6.45, 7) is 1.57. The Labute approximate surface area is 225 Å². The molecule has 1 aromatic heterocycles. The summed E-state index contributed by atoms with van der Waals surface area (Å²) in [5.41, 5.74) is 11.4. The topological polar surface area (TPSA) is 105 Å². The van der Waals surface area contributed by atoms with Gasteiger partial charge in [-0.1, -0.05) is 18.2 Å². The highest BCUT2D eigenvalue weighted by Crippen LogP contribution is 2.38. The molecule has 1 aliphatic rings. The molecule has 0 spiro atoms. The number of hydrogen-bond donors (Lipinski definition) is 2. The molecule has 2 heterocycles. The third-order valence-electron chi connectivity index (χ3n) is 6.59. The summed E-state index contributed by atoms with van der Waals surface area (Å²) in [6.07, 6.45) is 5.39. The van der Waals surface area contributed by atoms with Gasteiger partial charge in [0, 0.05) is 62.7 Å². The van der Waals surface area contributed by atoms with E-state index in [1.807, 2.05) is 56.6 Å². The van der Waals surface area contributed by atoms with Crippen molar-refractivity contribution in [2.24, 2.45) is 15.7 Å². The molecule has 0 bridgehead atoms. The van der Waals surface area contributed by atoms with Gasteiger partial charge in [-0.15, -0.1) is 0 Å². The predicted octanol–water partition coefficient (Wildman–Crippen LogP) is 5.20. The van der Waals surface area contributed by atoms with E-state index in [1.54, 1.807) is 7.05 Å². The van der Waals surface area contributed by atoms with Gasteiger partial charge in [0.05, 0.1) is 11.8 Å². The van der Waals surface area contributed by atoms with E-state index in [4.69, 9.17) is 14.9 Å². The minimum absolute atomic E-state index is 0.250. The largest absolute Gasteiger partial charge is 0.452 e. The van der Waals surface area contributed by atoms with Gasteiger partial charge in [-0.2, -0.15) is 0 Å². The quantitative estimate of drug-likeness (QED) is 0.258. The molecule has 1 saturated heterocycles. The first-order valence-corrected chi connectivity index (χ1v) is 13.0. The molecule has 37 heavy (non-hydrogen) atoms. The molecular formula is C28H32BrN5O3. The molecule has 1 aliphatic heterocycles. The van der Waals surface area contributed by atoms with Crippen molar-refractivity contribution < 1.29 is 13.9 Å². The molecule has 0 radical (unpaired) electrons. The highest BCUT2D eigenvalue weighted by Gasteiger charge is 2.25. The van der Waals surface area contributed by atoms with E-state index in [-0.39, 0.29) is 6.10 Å². The van der Waals surface area contributed by atoms with Gasteiger partial charge in [0.25, 0.3) is 0 Å². The highest BCUT2D eigenvalue weighted by molar-refractivity contribution is 9.18. The lowest BCUT2D eigenvalue weighted by molar-refractivity contribution is -0.106. The molecule has 1 amide bonds. The second kappa shape index (κ2) is 12.2. The van der Waals surface area contributed by atoms with Crippen LogP contribution in [0.1, 0.15) is 36.1 Å². The number of nitrogens with zero attached hydrogens (tertiary/aromatic N) is 3. The van der Waals surface area contributed by atoms with Crippen molar-refractivity contribution in [1.82, 2.24) is 0 Å². The lowest BCUT2D eigenvalue weighted by atomic mass is 10.0. The Kier molecular flexibility index (Phi) is 8.78. The summed E-state index contributed by atoms with van der Waals surface area (Å²) < 4.78 is 12.9. The second-order valence-electron chi connectivity index (χ2n) is 8.84. The first kappa shape index (κ1) is 26.6. The number of carbonyl (C=O) groups excluding carboxylic acids is 1. The molecule has 1 unspecified atom stereocenters. The number of nitrogens with two attached hydrogens (primary N) is 1. The minimum Gasteiger partial charge on any atom is -0.452 e. The molecule has 8 nitrogen and oxygen atoms in total. The number of benzene rings is 2. The lowest BCUT2D eigenvalue weighted by Gasteiger charge is -2.22. The van der Waals surface area contributed by atoms with Crippen LogP contribution in [0.5, 0.6) is 0 Å². The van der Waals surface area contributed by atoms with E-state index in [2.05, 4.69) is 36.1 Å². The number of halogens is 1. The molecular weight excluding hydrogens is 534 g/mol. The predicted molar refractivity (Wildman–Crippen MR) is 155 cm³/mol. The van der Waals surface area contributed by atoms with E-state index in [9.17, 15) is 4.79 Å². The lowest BCUT2D eigenvalue weighted by Crippen LogP contribution is -2.24. The molecule has 4 rings (SSSR count). The Hall–Kier alpha value is -3.43. The van der Waals surface area contributed by atoms with E-state index in [0.717, 1.165) is 65.9 Å². The maximum atomic E-state index is 11.7. The summed E-state index contributed by atoms with van der Waals surface area (Å²) in [4.78, 5) is 22.3. The Balaban J connectivity index is 1.86. The first-order valence-electron chi connectivity index (χ1n) is 12.2. The smallest absolute Gasteiger partial charge is 0.233 e. The zero-order valence-corrected chi connectivity index (χ0v) is 22.9. The second-order valence-corrected chi connectivity index (χ2v) is 9.59. The van der Waals surface area contributed by atoms with Crippen molar-refractivity contribution in [2.75, 3.05) is 44.5 Å². The van der Waals surface area contributed by atoms with E-state index in [0.29, 0.717) is 28.1 Å². The summed E-state index contributed by atoms with van der Waals surface area (Å²) in [5.74, 6) is 0.535. The van der Waals surface area contributed by atoms with Crippen LogP contribution in [0.3, 0.4) is 0 Å². The first-order chi connectivity index (χ1) is 18.0. The Bertz CT molecular complexity index is 1340. The number of allylic oxidation sites excluding steroid dienone is 1. The number of furan rings is 1. The molecule has 194 valence electrons. The number of fused-ring (bicyclic) bond motifs is 1. The van der Waals surface area contributed by atoms with Crippen LogP contribution >= 0.6 is 15.9 Å². The standard InChI is InChI=1S/C28H32BrN5O3/c1-31-20-9-6-18(7-10-20)25(33-17-35)27-26(34(3)13-12-21-5-4-14-36-21)22-15-19(8-11-24(22)37-27)23(16-30)28(29)32-2/h6-11,15-17,21,31H,4-5,12-14,30H2,1-3H3/b23-16-,32-28?,33-25?. The van der Waals surface area contributed by atoms with Crippen molar-refractivity contribution in [3.63, 3.8) is 0 Å². The van der Waals surface area contributed by atoms with Gasteiger partial charge >= 0.3 is 0 Å². The number of hydrogen-bond acceptors (Lipinski definition) is 7. The molecule has 0 aliphatic carbocycles. The SMILES string of the molecule is CN=C(Br)/C(=C\N)c1ccc2oc(C(=NC=O)c3ccc(NC)cc3)c(N(C)CCC3CCCO3)c2c1. The van der Waals surface area contributed by atoms with Gasteiger partial charge < -0.3 is 25.1 Å². The van der Waals surface area contributed by atoms with Crippen molar-refractivity contribution >= 4 is 60.6 Å². The number of ether oxygens (including phenoxy) is 1. The van der Waals surface area contributed by atoms with Crippen molar-refractivity contribution in [2.45, 2.75) is 25.4 Å². The van der Waals surface area contributed by atoms with Crippen LogP contribution in [0.2, 0.25) is 0 Å². The maximum absolute atomic E-state index is 11.7. The number of aliphatic imine (C=N–C) groups is 2. The number of nitrogens with one attached hydrogen (secondary N) is 1. The maximum Gasteiger partial charge on any atom is 0.233 e. The highest BCUT2D eigenvalue weighted by atomic mass is 79.9. The third kappa shape index (κ3) is 5.78. The summed E-state index contributed by atoms with van der Waals surface area (Å²) in [7, 11) is 5.59. The van der Waals surface area contributed by atoms with Crippen LogP contribution < -0.4 is 16.0 Å². The fourth-order valence-corrected chi connectivity index (χ4v) is 4.99. The molecule has 9 heteroatoms. The van der Waals surface area contributed by atoms with Crippen molar-refractivity contribution in [3.05, 3.63) is 65.6 Å². The van der Waals surface area contributed by atoms with E-state index >= 15 is 0 Å². The number of anilines is 2.